The molecule has 0 saturated heterocycles. The molecule has 8 heteroatoms. The third-order valence-electron chi connectivity index (χ3n) is 3.22. The lowest BCUT2D eigenvalue weighted by Crippen LogP contribution is -2.29. The standard InChI is InChI=1S/C12H18N4O3S/c17-12(9-15-8-10(7-14-15)16(18)19)13-5-6-20-11-3-1-2-4-11/h7-8,11H,1-6,9H2,(H,13,17). The van der Waals surface area contributed by atoms with Crippen molar-refractivity contribution in [3.63, 3.8) is 0 Å². The van der Waals surface area contributed by atoms with E-state index in [1.807, 2.05) is 11.8 Å². The topological polar surface area (TPSA) is 90.1 Å². The number of carbonyl (C=O) groups is 1. The van der Waals surface area contributed by atoms with Crippen LogP contribution in [0.1, 0.15) is 25.7 Å². The molecule has 1 aliphatic carbocycles. The maximum atomic E-state index is 11.6. The molecule has 7 nitrogen and oxygen atoms in total. The Kier molecular flexibility index (Phi) is 5.40. The Balaban J connectivity index is 1.63. The van der Waals surface area contributed by atoms with Gasteiger partial charge in [-0.15, -0.1) is 0 Å². The average Bonchev–Trinajstić information content (AvgIpc) is 3.05. The predicted octanol–water partition coefficient (Wildman–Crippen LogP) is 1.58. The van der Waals surface area contributed by atoms with Gasteiger partial charge >= 0.3 is 5.69 Å². The summed E-state index contributed by atoms with van der Waals surface area (Å²) < 4.78 is 1.28. The van der Waals surface area contributed by atoms with Crippen molar-refractivity contribution in [1.29, 1.82) is 0 Å². The largest absolute Gasteiger partial charge is 0.354 e. The Morgan fingerprint density at radius 2 is 2.30 bits per heavy atom. The number of aromatic nitrogens is 2. The molecule has 1 saturated carbocycles. The van der Waals surface area contributed by atoms with Gasteiger partial charge in [0.05, 0.1) is 4.92 Å². The fourth-order valence-electron chi connectivity index (χ4n) is 2.21. The summed E-state index contributed by atoms with van der Waals surface area (Å²) in [7, 11) is 0. The van der Waals surface area contributed by atoms with Gasteiger partial charge in [0.25, 0.3) is 0 Å². The van der Waals surface area contributed by atoms with Crippen LogP contribution in [0.3, 0.4) is 0 Å². The molecule has 1 N–H and O–H groups in total. The summed E-state index contributed by atoms with van der Waals surface area (Å²) in [6.45, 7) is 0.644. The number of nitro groups is 1. The van der Waals surface area contributed by atoms with Crippen molar-refractivity contribution in [2.24, 2.45) is 0 Å². The van der Waals surface area contributed by atoms with Gasteiger partial charge < -0.3 is 5.32 Å². The number of hydrogen-bond donors (Lipinski definition) is 1. The first-order chi connectivity index (χ1) is 9.65. The van der Waals surface area contributed by atoms with Crippen LogP contribution in [0.15, 0.2) is 12.4 Å². The van der Waals surface area contributed by atoms with Crippen LogP contribution in [0.5, 0.6) is 0 Å². The molecule has 1 amide bonds. The van der Waals surface area contributed by atoms with E-state index in [1.165, 1.54) is 36.6 Å². The van der Waals surface area contributed by atoms with Gasteiger partial charge in [-0.1, -0.05) is 12.8 Å². The van der Waals surface area contributed by atoms with Gasteiger partial charge in [0.15, 0.2) is 0 Å². The summed E-state index contributed by atoms with van der Waals surface area (Å²) in [6.07, 6.45) is 7.62. The first-order valence-electron chi connectivity index (χ1n) is 6.70. The van der Waals surface area contributed by atoms with Crippen LogP contribution in [0.25, 0.3) is 0 Å². The lowest BCUT2D eigenvalue weighted by Gasteiger charge is -2.09. The minimum Gasteiger partial charge on any atom is -0.354 e. The van der Waals surface area contributed by atoms with Crippen LogP contribution in [0.4, 0.5) is 5.69 Å². The molecule has 1 aliphatic rings. The van der Waals surface area contributed by atoms with Crippen LogP contribution in [0.2, 0.25) is 0 Å². The molecule has 1 aromatic rings. The highest BCUT2D eigenvalue weighted by molar-refractivity contribution is 7.99. The summed E-state index contributed by atoms with van der Waals surface area (Å²) >= 11 is 1.91. The second kappa shape index (κ2) is 7.28. The minimum absolute atomic E-state index is 0.0158. The molecule has 0 bridgehead atoms. The summed E-state index contributed by atoms with van der Waals surface area (Å²) in [5, 5.41) is 17.8. The SMILES string of the molecule is O=C(Cn1cc([N+](=O)[O-])cn1)NCCSC1CCCC1. The van der Waals surface area contributed by atoms with Gasteiger partial charge in [-0.25, -0.2) is 0 Å². The number of carbonyl (C=O) groups excluding carboxylic acids is 1. The number of thioether (sulfide) groups is 1. The Morgan fingerprint density at radius 3 is 2.95 bits per heavy atom. The van der Waals surface area contributed by atoms with E-state index in [-0.39, 0.29) is 18.1 Å². The second-order valence-corrected chi connectivity index (χ2v) is 6.19. The van der Waals surface area contributed by atoms with Crippen molar-refractivity contribution in [3.05, 3.63) is 22.5 Å². The number of rotatable bonds is 7. The van der Waals surface area contributed by atoms with E-state index in [1.54, 1.807) is 0 Å². The van der Waals surface area contributed by atoms with Crippen molar-refractivity contribution in [1.82, 2.24) is 15.1 Å². The third-order valence-corrected chi connectivity index (χ3v) is 4.60. The highest BCUT2D eigenvalue weighted by atomic mass is 32.2. The minimum atomic E-state index is -0.528. The van der Waals surface area contributed by atoms with E-state index < -0.39 is 4.92 Å². The highest BCUT2D eigenvalue weighted by Crippen LogP contribution is 2.28. The van der Waals surface area contributed by atoms with E-state index in [0.29, 0.717) is 6.54 Å². The molecule has 2 rings (SSSR count). The van der Waals surface area contributed by atoms with Crippen LogP contribution < -0.4 is 5.32 Å². The van der Waals surface area contributed by atoms with Gasteiger partial charge in [-0.3, -0.25) is 19.6 Å². The van der Waals surface area contributed by atoms with E-state index in [2.05, 4.69) is 10.4 Å². The van der Waals surface area contributed by atoms with Crippen molar-refractivity contribution < 1.29 is 9.72 Å². The Hall–Kier alpha value is -1.57. The normalized spacial score (nSPS) is 15.4. The molecule has 110 valence electrons. The van der Waals surface area contributed by atoms with Gasteiger partial charge in [0, 0.05) is 17.5 Å². The predicted molar refractivity (Wildman–Crippen MR) is 76.6 cm³/mol. The highest BCUT2D eigenvalue weighted by Gasteiger charge is 2.15. The summed E-state index contributed by atoms with van der Waals surface area (Å²) in [4.78, 5) is 21.6. The van der Waals surface area contributed by atoms with E-state index in [9.17, 15) is 14.9 Å². The van der Waals surface area contributed by atoms with Gasteiger partial charge in [-0.2, -0.15) is 16.9 Å². The summed E-state index contributed by atoms with van der Waals surface area (Å²) in [5.41, 5.74) is -0.102. The quantitative estimate of drug-likeness (QED) is 0.469. The van der Waals surface area contributed by atoms with E-state index in [4.69, 9.17) is 0 Å². The molecular formula is C12H18N4O3S. The number of nitrogens with one attached hydrogen (secondary N) is 1. The molecule has 20 heavy (non-hydrogen) atoms. The molecule has 0 unspecified atom stereocenters. The number of nitrogens with zero attached hydrogens (tertiary/aromatic N) is 3. The maximum absolute atomic E-state index is 11.6. The summed E-state index contributed by atoms with van der Waals surface area (Å²) in [5.74, 6) is 0.741. The van der Waals surface area contributed by atoms with Crippen LogP contribution in [-0.2, 0) is 11.3 Å². The Bertz CT molecular complexity index is 471. The molecule has 0 spiro atoms. The van der Waals surface area contributed by atoms with Crippen molar-refractivity contribution in [2.75, 3.05) is 12.3 Å². The molecule has 1 fully saturated rings. The molecule has 1 aromatic heterocycles. The number of hydrogen-bond acceptors (Lipinski definition) is 5. The van der Waals surface area contributed by atoms with Crippen LogP contribution in [-0.4, -0.2) is 38.2 Å². The lowest BCUT2D eigenvalue weighted by molar-refractivity contribution is -0.385. The smallest absolute Gasteiger partial charge is 0.307 e. The molecule has 1 heterocycles. The van der Waals surface area contributed by atoms with E-state index >= 15 is 0 Å². The molecular weight excluding hydrogens is 280 g/mol. The van der Waals surface area contributed by atoms with Gasteiger partial charge in [0.1, 0.15) is 18.9 Å². The maximum Gasteiger partial charge on any atom is 0.307 e. The third kappa shape index (κ3) is 4.52. The lowest BCUT2D eigenvalue weighted by atomic mass is 10.4. The first-order valence-corrected chi connectivity index (χ1v) is 7.75. The zero-order chi connectivity index (χ0) is 14.4. The number of amides is 1. The first kappa shape index (κ1) is 14.8. The zero-order valence-electron chi connectivity index (χ0n) is 11.2. The fourth-order valence-corrected chi connectivity index (χ4v) is 3.43. The molecule has 0 aliphatic heterocycles. The summed E-state index contributed by atoms with van der Waals surface area (Å²) in [6, 6.07) is 0. The van der Waals surface area contributed by atoms with E-state index in [0.717, 1.165) is 17.2 Å². The van der Waals surface area contributed by atoms with Crippen molar-refractivity contribution in [2.45, 2.75) is 37.5 Å². The van der Waals surface area contributed by atoms with Crippen LogP contribution >= 0.6 is 11.8 Å². The second-order valence-electron chi connectivity index (χ2n) is 4.78. The average molecular weight is 298 g/mol. The van der Waals surface area contributed by atoms with Gasteiger partial charge in [-0.05, 0) is 12.8 Å². The molecule has 0 radical (unpaired) electrons. The Morgan fingerprint density at radius 1 is 1.55 bits per heavy atom. The Labute approximate surface area is 121 Å². The molecule has 0 atom stereocenters. The zero-order valence-corrected chi connectivity index (χ0v) is 12.0. The van der Waals surface area contributed by atoms with Crippen molar-refractivity contribution in [3.8, 4) is 0 Å². The van der Waals surface area contributed by atoms with Gasteiger partial charge in [0.2, 0.25) is 5.91 Å². The fraction of sp³-hybridized carbons (Fsp3) is 0.667. The van der Waals surface area contributed by atoms with Crippen LogP contribution in [0, 0.1) is 10.1 Å². The van der Waals surface area contributed by atoms with Crippen molar-refractivity contribution >= 4 is 23.4 Å². The monoisotopic (exact) mass is 298 g/mol. The molecule has 0 aromatic carbocycles.